The molecule has 0 atom stereocenters. The van der Waals surface area contributed by atoms with Gasteiger partial charge in [0.2, 0.25) is 0 Å². The molecule has 0 spiro atoms. The lowest BCUT2D eigenvalue weighted by Crippen LogP contribution is -2.13. The number of para-hydroxylation sites is 2. The topological polar surface area (TPSA) is 3.24 Å². The van der Waals surface area contributed by atoms with E-state index in [1.165, 1.54) is 114 Å². The predicted octanol–water partition coefficient (Wildman–Crippen LogP) is 13.9. The van der Waals surface area contributed by atoms with Gasteiger partial charge < -0.3 is 4.90 Å². The summed E-state index contributed by atoms with van der Waals surface area (Å²) in [6, 6.07) is 56.7. The van der Waals surface area contributed by atoms with Crippen molar-refractivity contribution in [3.8, 4) is 0 Å². The van der Waals surface area contributed by atoms with E-state index in [0.29, 0.717) is 0 Å². The summed E-state index contributed by atoms with van der Waals surface area (Å²) in [4.78, 5) is 2.50. The fourth-order valence-electron chi connectivity index (χ4n) is 9.15. The minimum Gasteiger partial charge on any atom is -0.309 e. The van der Waals surface area contributed by atoms with Crippen LogP contribution < -0.4 is 4.90 Å². The van der Waals surface area contributed by atoms with E-state index in [4.69, 9.17) is 0 Å². The van der Waals surface area contributed by atoms with Crippen LogP contribution in [0.4, 0.5) is 17.1 Å². The zero-order valence-corrected chi connectivity index (χ0v) is 27.4. The first-order chi connectivity index (χ1) is 24.2. The largest absolute Gasteiger partial charge is 0.309 e. The molecule has 0 bridgehead atoms. The predicted molar refractivity (Wildman–Crippen MR) is 213 cm³/mol. The van der Waals surface area contributed by atoms with Crippen LogP contribution >= 0.6 is 0 Å². The van der Waals surface area contributed by atoms with Gasteiger partial charge in [0.15, 0.2) is 0 Å². The summed E-state index contributed by atoms with van der Waals surface area (Å²) in [5, 5.41) is 21.2. The molecule has 11 aromatic rings. The molecule has 0 aliphatic carbocycles. The third-order valence-corrected chi connectivity index (χ3v) is 11.1. The molecule has 0 fully saturated rings. The molecule has 0 saturated heterocycles. The van der Waals surface area contributed by atoms with Gasteiger partial charge in [0, 0.05) is 16.8 Å². The first kappa shape index (κ1) is 26.8. The van der Waals surface area contributed by atoms with Crippen LogP contribution in [0, 0.1) is 13.8 Å². The van der Waals surface area contributed by atoms with E-state index in [1.54, 1.807) is 0 Å². The molecule has 0 radical (unpaired) electrons. The number of fused-ring (bicyclic) bond motifs is 6. The molecule has 228 valence electrons. The van der Waals surface area contributed by atoms with E-state index >= 15 is 0 Å². The zero-order chi connectivity index (χ0) is 32.4. The van der Waals surface area contributed by atoms with Gasteiger partial charge in [-0.1, -0.05) is 133 Å². The summed E-state index contributed by atoms with van der Waals surface area (Å²) in [7, 11) is 0. The van der Waals surface area contributed by atoms with Crippen molar-refractivity contribution < 1.29 is 0 Å². The maximum atomic E-state index is 2.50. The standard InChI is InChI=1S/C48H31N/c1-28-12-3-5-24-39(28)49(40-25-6-4-13-29(40)2)41-27-26-31-16-9-20-35-43(31)48(41)38-23-11-22-37-45-34-19-8-15-30-14-7-17-32(42(30)34)33-18-10-21-36(44(33)45)46(35)47(37)38/h3-27H,1-2H3. The van der Waals surface area contributed by atoms with Crippen molar-refractivity contribution in [3.05, 3.63) is 163 Å². The number of hydrogen-bond acceptors (Lipinski definition) is 1. The average Bonchev–Trinajstić information content (AvgIpc) is 3.14. The van der Waals surface area contributed by atoms with Crippen molar-refractivity contribution in [2.24, 2.45) is 0 Å². The lowest BCUT2D eigenvalue weighted by molar-refractivity contribution is 1.24. The lowest BCUT2D eigenvalue weighted by Gasteiger charge is -2.31. The Bertz CT molecular complexity index is 3080. The van der Waals surface area contributed by atoms with Crippen LogP contribution in [0.25, 0.3) is 86.2 Å². The Labute approximate surface area is 283 Å². The Balaban J connectivity index is 1.42. The Morgan fingerprint density at radius 1 is 0.265 bits per heavy atom. The minimum absolute atomic E-state index is 1.20. The summed E-state index contributed by atoms with van der Waals surface area (Å²) in [6.45, 7) is 4.45. The van der Waals surface area contributed by atoms with Gasteiger partial charge in [-0.25, -0.2) is 0 Å². The second kappa shape index (κ2) is 9.69. The summed E-state index contributed by atoms with van der Waals surface area (Å²) in [5.74, 6) is 0. The van der Waals surface area contributed by atoms with Crippen LogP contribution in [-0.2, 0) is 0 Å². The molecule has 0 saturated carbocycles. The van der Waals surface area contributed by atoms with Gasteiger partial charge >= 0.3 is 0 Å². The maximum Gasteiger partial charge on any atom is 0.0547 e. The number of aryl methyl sites for hydroxylation is 2. The van der Waals surface area contributed by atoms with Crippen molar-refractivity contribution in [1.29, 1.82) is 0 Å². The SMILES string of the molecule is Cc1ccccc1N(c1ccccc1C)c1ccc2cccc3c2c1c1cccc2c1c3c1cccc3c4cccc5cccc(c54)c2c31. The van der Waals surface area contributed by atoms with Gasteiger partial charge in [0.1, 0.15) is 0 Å². The van der Waals surface area contributed by atoms with Crippen molar-refractivity contribution in [2.45, 2.75) is 13.8 Å². The molecule has 0 amide bonds. The third kappa shape index (κ3) is 3.44. The highest BCUT2D eigenvalue weighted by molar-refractivity contribution is 6.48. The highest BCUT2D eigenvalue weighted by Gasteiger charge is 2.25. The molecule has 1 nitrogen and oxygen atoms in total. The van der Waals surface area contributed by atoms with Crippen molar-refractivity contribution in [3.63, 3.8) is 0 Å². The molecular formula is C48H31N. The molecule has 0 N–H and O–H groups in total. The molecule has 0 aromatic heterocycles. The summed E-state index contributed by atoms with van der Waals surface area (Å²) in [5.41, 5.74) is 6.09. The molecule has 0 aliphatic heterocycles. The summed E-state index contributed by atoms with van der Waals surface area (Å²) >= 11 is 0. The lowest BCUT2D eigenvalue weighted by atomic mass is 9.81. The number of hydrogen-bond donors (Lipinski definition) is 0. The molecule has 0 unspecified atom stereocenters. The van der Waals surface area contributed by atoms with Crippen molar-refractivity contribution in [2.75, 3.05) is 4.90 Å². The number of nitrogens with zero attached hydrogens (tertiary/aromatic N) is 1. The smallest absolute Gasteiger partial charge is 0.0547 e. The van der Waals surface area contributed by atoms with Gasteiger partial charge in [0.05, 0.1) is 5.69 Å². The van der Waals surface area contributed by atoms with Crippen LogP contribution in [0.1, 0.15) is 11.1 Å². The van der Waals surface area contributed by atoms with Gasteiger partial charge in [0.25, 0.3) is 0 Å². The summed E-state index contributed by atoms with van der Waals surface area (Å²) in [6.07, 6.45) is 0. The molecule has 49 heavy (non-hydrogen) atoms. The fraction of sp³-hybridized carbons (Fsp3) is 0.0417. The highest BCUT2D eigenvalue weighted by atomic mass is 15.1. The highest BCUT2D eigenvalue weighted by Crippen LogP contribution is 2.53. The normalized spacial score (nSPS) is 12.3. The van der Waals surface area contributed by atoms with E-state index in [-0.39, 0.29) is 0 Å². The van der Waals surface area contributed by atoms with Crippen molar-refractivity contribution in [1.82, 2.24) is 0 Å². The third-order valence-electron chi connectivity index (χ3n) is 11.1. The van der Waals surface area contributed by atoms with Gasteiger partial charge in [-0.3, -0.25) is 0 Å². The molecule has 11 aromatic carbocycles. The molecule has 1 heteroatoms. The molecule has 0 aliphatic rings. The van der Waals surface area contributed by atoms with Crippen LogP contribution in [0.3, 0.4) is 0 Å². The Hall–Kier alpha value is -6.18. The number of benzene rings is 11. The zero-order valence-electron chi connectivity index (χ0n) is 27.4. The Morgan fingerprint density at radius 3 is 1.20 bits per heavy atom. The van der Waals surface area contributed by atoms with Crippen LogP contribution in [0.15, 0.2) is 152 Å². The first-order valence-corrected chi connectivity index (χ1v) is 17.2. The first-order valence-electron chi connectivity index (χ1n) is 17.2. The van der Waals surface area contributed by atoms with E-state index in [2.05, 4.69) is 170 Å². The Kier molecular flexibility index (Phi) is 5.31. The quantitative estimate of drug-likeness (QED) is 0.140. The second-order valence-electron chi connectivity index (χ2n) is 13.7. The van der Waals surface area contributed by atoms with E-state index in [1.807, 2.05) is 0 Å². The Morgan fingerprint density at radius 2 is 0.653 bits per heavy atom. The second-order valence-corrected chi connectivity index (χ2v) is 13.7. The van der Waals surface area contributed by atoms with Crippen LogP contribution in [0.2, 0.25) is 0 Å². The van der Waals surface area contributed by atoms with Crippen LogP contribution in [0.5, 0.6) is 0 Å². The minimum atomic E-state index is 1.20. The van der Waals surface area contributed by atoms with Gasteiger partial charge in [-0.05, 0) is 124 Å². The van der Waals surface area contributed by atoms with Gasteiger partial charge in [-0.15, -0.1) is 0 Å². The fourth-order valence-corrected chi connectivity index (χ4v) is 9.15. The molecule has 11 rings (SSSR count). The van der Waals surface area contributed by atoms with E-state index in [9.17, 15) is 0 Å². The number of rotatable bonds is 3. The van der Waals surface area contributed by atoms with E-state index in [0.717, 1.165) is 0 Å². The average molecular weight is 622 g/mol. The van der Waals surface area contributed by atoms with Crippen molar-refractivity contribution >= 4 is 103 Å². The summed E-state index contributed by atoms with van der Waals surface area (Å²) < 4.78 is 0. The van der Waals surface area contributed by atoms with Gasteiger partial charge in [-0.2, -0.15) is 0 Å². The van der Waals surface area contributed by atoms with Crippen LogP contribution in [-0.4, -0.2) is 0 Å². The molecular weight excluding hydrogens is 591 g/mol. The van der Waals surface area contributed by atoms with E-state index < -0.39 is 0 Å². The molecule has 0 heterocycles. The maximum absolute atomic E-state index is 2.50. The number of anilines is 3. The monoisotopic (exact) mass is 621 g/mol.